The molecule has 1 atom stereocenters. The number of aryl methyl sites for hydroxylation is 1. The molecule has 1 amide bonds. The van der Waals surface area contributed by atoms with Crippen molar-refractivity contribution in [1.29, 1.82) is 0 Å². The number of amides is 1. The lowest BCUT2D eigenvalue weighted by Crippen LogP contribution is -2.37. The number of halogens is 1. The number of nitrogens with zero attached hydrogens (tertiary/aromatic N) is 1. The zero-order chi connectivity index (χ0) is 25.7. The third-order valence-corrected chi connectivity index (χ3v) is 9.07. The van der Waals surface area contributed by atoms with Crippen LogP contribution in [-0.2, 0) is 21.4 Å². The molecule has 1 aliphatic rings. The normalized spacial score (nSPS) is 19.2. The van der Waals surface area contributed by atoms with Gasteiger partial charge in [-0.05, 0) is 67.7 Å². The van der Waals surface area contributed by atoms with Crippen LogP contribution >= 0.6 is 0 Å². The van der Waals surface area contributed by atoms with Gasteiger partial charge in [0.05, 0.1) is 5.92 Å². The van der Waals surface area contributed by atoms with Crippen LogP contribution in [0, 0.1) is 24.6 Å². The number of carbonyl (C=O) groups excluding carboxylic acids is 1. The quantitative estimate of drug-likeness (QED) is 0.420. The van der Waals surface area contributed by atoms with Gasteiger partial charge in [0.1, 0.15) is 10.7 Å². The molecular weight excluding hydrogens is 475 g/mol. The summed E-state index contributed by atoms with van der Waals surface area (Å²) in [6, 6.07) is 22.8. The number of benzene rings is 3. The second-order valence-corrected chi connectivity index (χ2v) is 11.7. The van der Waals surface area contributed by atoms with E-state index < -0.39 is 15.8 Å². The molecule has 190 valence electrons. The predicted octanol–water partition coefficient (Wildman–Crippen LogP) is 5.40. The fourth-order valence-electron chi connectivity index (χ4n) is 5.26. The molecule has 0 aliphatic heterocycles. The van der Waals surface area contributed by atoms with Crippen molar-refractivity contribution in [3.63, 3.8) is 0 Å². The Morgan fingerprint density at radius 2 is 1.56 bits per heavy atom. The van der Waals surface area contributed by atoms with Gasteiger partial charge in [-0.3, -0.25) is 4.79 Å². The van der Waals surface area contributed by atoms with E-state index in [1.54, 1.807) is 0 Å². The van der Waals surface area contributed by atoms with Crippen molar-refractivity contribution in [3.05, 3.63) is 101 Å². The third-order valence-electron chi connectivity index (χ3n) is 7.22. The maximum Gasteiger partial charge on any atom is 0.246 e. The molecule has 1 aliphatic carbocycles. The second-order valence-electron chi connectivity index (χ2n) is 9.79. The maximum atomic E-state index is 14.5. The first-order chi connectivity index (χ1) is 17.3. The van der Waals surface area contributed by atoms with Gasteiger partial charge in [-0.25, -0.2) is 12.8 Å². The summed E-state index contributed by atoms with van der Waals surface area (Å²) in [5.74, 6) is -1.20. The van der Waals surface area contributed by atoms with Gasteiger partial charge < -0.3 is 5.73 Å². The van der Waals surface area contributed by atoms with Crippen molar-refractivity contribution in [2.45, 2.75) is 50.0 Å². The first kappa shape index (κ1) is 26.0. The van der Waals surface area contributed by atoms with Crippen LogP contribution in [0.2, 0.25) is 0 Å². The molecule has 3 aromatic carbocycles. The van der Waals surface area contributed by atoms with E-state index in [-0.39, 0.29) is 35.1 Å². The number of hydrogen-bond acceptors (Lipinski definition) is 3. The van der Waals surface area contributed by atoms with Gasteiger partial charge in [-0.15, -0.1) is 0 Å². The molecule has 7 heteroatoms. The Bertz CT molecular complexity index is 1270. The summed E-state index contributed by atoms with van der Waals surface area (Å²) < 4.78 is 43.0. The first-order valence-corrected chi connectivity index (χ1v) is 13.8. The third kappa shape index (κ3) is 6.02. The van der Waals surface area contributed by atoms with E-state index in [0.717, 1.165) is 42.4 Å². The topological polar surface area (TPSA) is 80.5 Å². The van der Waals surface area contributed by atoms with Crippen molar-refractivity contribution < 1.29 is 17.6 Å². The molecule has 4 rings (SSSR count). The average Bonchev–Trinajstić information content (AvgIpc) is 2.86. The first-order valence-electron chi connectivity index (χ1n) is 12.4. The van der Waals surface area contributed by atoms with Crippen LogP contribution < -0.4 is 5.73 Å². The Balaban J connectivity index is 1.51. The van der Waals surface area contributed by atoms with Crippen LogP contribution in [0.5, 0.6) is 0 Å². The number of carbonyl (C=O) groups is 1. The van der Waals surface area contributed by atoms with Crippen molar-refractivity contribution in [2.24, 2.45) is 17.6 Å². The molecule has 36 heavy (non-hydrogen) atoms. The summed E-state index contributed by atoms with van der Waals surface area (Å²) >= 11 is 0. The molecule has 0 bridgehead atoms. The zero-order valence-electron chi connectivity index (χ0n) is 20.5. The fourth-order valence-corrected chi connectivity index (χ4v) is 6.83. The molecule has 5 nitrogen and oxygen atoms in total. The lowest BCUT2D eigenvalue weighted by Gasteiger charge is -2.35. The van der Waals surface area contributed by atoms with Gasteiger partial charge in [0.15, 0.2) is 0 Å². The van der Waals surface area contributed by atoms with Crippen molar-refractivity contribution >= 4 is 15.9 Å². The number of primary amides is 1. The molecule has 2 N–H and O–H groups in total. The molecule has 0 saturated heterocycles. The Hall–Kier alpha value is -3.03. The number of hydrogen-bond donors (Lipinski definition) is 1. The lowest BCUT2D eigenvalue weighted by atomic mass is 9.73. The highest BCUT2D eigenvalue weighted by molar-refractivity contribution is 7.89. The SMILES string of the molecule is Cc1ccc(C(C(N)=O)C2CCC(CN(Cc3ccccc3)S(=O)(=O)c3ccccc3F)CC2)cc1. The number of nitrogens with two attached hydrogens (primary N) is 1. The minimum absolute atomic E-state index is 0.109. The summed E-state index contributed by atoms with van der Waals surface area (Å²) in [4.78, 5) is 12.1. The summed E-state index contributed by atoms with van der Waals surface area (Å²) in [5, 5.41) is 0. The van der Waals surface area contributed by atoms with Gasteiger partial charge in [0, 0.05) is 13.1 Å². The van der Waals surface area contributed by atoms with Crippen LogP contribution in [0.4, 0.5) is 4.39 Å². The highest BCUT2D eigenvalue weighted by atomic mass is 32.2. The van der Waals surface area contributed by atoms with Crippen LogP contribution in [0.15, 0.2) is 83.8 Å². The maximum absolute atomic E-state index is 14.5. The predicted molar refractivity (Wildman–Crippen MR) is 139 cm³/mol. The van der Waals surface area contributed by atoms with E-state index >= 15 is 0 Å². The standard InChI is InChI=1S/C29H33FN2O3S/c1-21-11-15-24(16-12-21)28(29(31)33)25-17-13-23(14-18-25)20-32(19-22-7-3-2-4-8-22)36(34,35)27-10-6-5-9-26(27)30/h2-12,15-16,23,25,28H,13-14,17-20H2,1H3,(H2,31,33). The molecule has 1 unspecified atom stereocenters. The van der Waals surface area contributed by atoms with Gasteiger partial charge >= 0.3 is 0 Å². The van der Waals surface area contributed by atoms with E-state index in [1.807, 2.05) is 61.5 Å². The Kier molecular flexibility index (Phi) is 8.21. The molecule has 0 heterocycles. The molecule has 0 aromatic heterocycles. The van der Waals surface area contributed by atoms with Gasteiger partial charge in [0.2, 0.25) is 15.9 Å². The van der Waals surface area contributed by atoms with Crippen LogP contribution in [0.1, 0.15) is 48.3 Å². The Labute approximate surface area is 213 Å². The van der Waals surface area contributed by atoms with Crippen LogP contribution in [0.3, 0.4) is 0 Å². The van der Waals surface area contributed by atoms with Crippen molar-refractivity contribution in [2.75, 3.05) is 6.54 Å². The molecule has 0 radical (unpaired) electrons. The molecular formula is C29H33FN2O3S. The monoisotopic (exact) mass is 508 g/mol. The van der Waals surface area contributed by atoms with Gasteiger partial charge in [-0.2, -0.15) is 4.31 Å². The molecule has 0 spiro atoms. The zero-order valence-corrected chi connectivity index (χ0v) is 21.3. The van der Waals surface area contributed by atoms with E-state index in [2.05, 4.69) is 0 Å². The number of rotatable bonds is 9. The van der Waals surface area contributed by atoms with E-state index in [4.69, 9.17) is 5.73 Å². The van der Waals surface area contributed by atoms with E-state index in [0.29, 0.717) is 6.54 Å². The second kappa shape index (κ2) is 11.4. The Morgan fingerprint density at radius 3 is 2.17 bits per heavy atom. The van der Waals surface area contributed by atoms with Crippen molar-refractivity contribution in [3.8, 4) is 0 Å². The summed E-state index contributed by atoms with van der Waals surface area (Å²) in [6.07, 6.45) is 3.12. The minimum Gasteiger partial charge on any atom is -0.369 e. The fraction of sp³-hybridized carbons (Fsp3) is 0.345. The largest absolute Gasteiger partial charge is 0.369 e. The highest BCUT2D eigenvalue weighted by Gasteiger charge is 2.35. The molecule has 3 aromatic rings. The Morgan fingerprint density at radius 1 is 0.944 bits per heavy atom. The molecule has 1 saturated carbocycles. The van der Waals surface area contributed by atoms with Crippen LogP contribution in [-0.4, -0.2) is 25.2 Å². The van der Waals surface area contributed by atoms with Gasteiger partial charge in [-0.1, -0.05) is 72.3 Å². The van der Waals surface area contributed by atoms with E-state index in [1.165, 1.54) is 28.6 Å². The highest BCUT2D eigenvalue weighted by Crippen LogP contribution is 2.39. The average molecular weight is 509 g/mol. The van der Waals surface area contributed by atoms with E-state index in [9.17, 15) is 17.6 Å². The lowest BCUT2D eigenvalue weighted by molar-refractivity contribution is -0.121. The summed E-state index contributed by atoms with van der Waals surface area (Å²) in [6.45, 7) is 2.47. The van der Waals surface area contributed by atoms with Crippen molar-refractivity contribution in [1.82, 2.24) is 4.31 Å². The molecule has 1 fully saturated rings. The number of sulfonamides is 1. The van der Waals surface area contributed by atoms with Gasteiger partial charge in [0.25, 0.3) is 0 Å². The minimum atomic E-state index is -4.04. The smallest absolute Gasteiger partial charge is 0.246 e. The summed E-state index contributed by atoms with van der Waals surface area (Å²) in [7, 11) is -4.04. The van der Waals surface area contributed by atoms with Crippen LogP contribution in [0.25, 0.3) is 0 Å². The summed E-state index contributed by atoms with van der Waals surface area (Å²) in [5.41, 5.74) is 8.72.